The molecule has 0 aromatic heterocycles. The van der Waals surface area contributed by atoms with Crippen molar-refractivity contribution in [3.8, 4) is 6.07 Å². The predicted molar refractivity (Wildman–Crippen MR) is 53.5 cm³/mol. The molecule has 1 amide bonds. The summed E-state index contributed by atoms with van der Waals surface area (Å²) in [5.41, 5.74) is 0. The smallest absolute Gasteiger partial charge is 0.239 e. The van der Waals surface area contributed by atoms with E-state index < -0.39 is 5.92 Å². The van der Waals surface area contributed by atoms with Gasteiger partial charge in [-0.1, -0.05) is 13.3 Å². The number of ether oxygens (including phenoxy) is 1. The van der Waals surface area contributed by atoms with Gasteiger partial charge in [-0.2, -0.15) is 5.26 Å². The fourth-order valence-electron chi connectivity index (χ4n) is 1.14. The lowest BCUT2D eigenvalue weighted by Gasteiger charge is -2.19. The SMILES string of the molecule is CCCC(C#N)C(=O)N(C)CCOC. The number of hydrogen-bond donors (Lipinski definition) is 0. The molecule has 0 aliphatic carbocycles. The number of rotatable bonds is 6. The van der Waals surface area contributed by atoms with Crippen molar-refractivity contribution < 1.29 is 9.53 Å². The van der Waals surface area contributed by atoms with E-state index in [2.05, 4.69) is 0 Å². The van der Waals surface area contributed by atoms with Crippen molar-refractivity contribution in [3.05, 3.63) is 0 Å². The molecule has 0 aliphatic heterocycles. The van der Waals surface area contributed by atoms with E-state index in [1.54, 1.807) is 19.1 Å². The van der Waals surface area contributed by atoms with Gasteiger partial charge in [0, 0.05) is 20.7 Å². The third-order valence-corrected chi connectivity index (χ3v) is 2.04. The Bertz CT molecular complexity index is 211. The van der Waals surface area contributed by atoms with Gasteiger partial charge in [0.25, 0.3) is 0 Å². The molecule has 0 heterocycles. The normalized spacial score (nSPS) is 11.9. The Morgan fingerprint density at radius 2 is 2.29 bits per heavy atom. The number of carbonyl (C=O) groups excluding carboxylic acids is 1. The van der Waals surface area contributed by atoms with Crippen molar-refractivity contribution in [3.63, 3.8) is 0 Å². The van der Waals surface area contributed by atoms with Gasteiger partial charge < -0.3 is 9.64 Å². The second kappa shape index (κ2) is 7.34. The van der Waals surface area contributed by atoms with E-state index in [-0.39, 0.29) is 5.91 Å². The minimum absolute atomic E-state index is 0.105. The first-order chi connectivity index (χ1) is 6.67. The molecule has 0 saturated carbocycles. The molecule has 1 atom stereocenters. The minimum atomic E-state index is -0.498. The summed E-state index contributed by atoms with van der Waals surface area (Å²) in [6, 6.07) is 2.03. The van der Waals surface area contributed by atoms with Gasteiger partial charge in [-0.15, -0.1) is 0 Å². The standard InChI is InChI=1S/C10H18N2O2/c1-4-5-9(8-11)10(13)12(2)6-7-14-3/h9H,4-7H2,1-3H3. The molecule has 0 aromatic rings. The Morgan fingerprint density at radius 1 is 1.64 bits per heavy atom. The molecule has 4 heteroatoms. The van der Waals surface area contributed by atoms with Crippen LogP contribution in [0.1, 0.15) is 19.8 Å². The third kappa shape index (κ3) is 4.24. The average Bonchev–Trinajstić information content (AvgIpc) is 2.21. The van der Waals surface area contributed by atoms with Crippen molar-refractivity contribution in [1.29, 1.82) is 5.26 Å². The van der Waals surface area contributed by atoms with Gasteiger partial charge in [0.05, 0.1) is 12.7 Å². The highest BCUT2D eigenvalue weighted by atomic mass is 16.5. The van der Waals surface area contributed by atoms with Gasteiger partial charge in [0.1, 0.15) is 5.92 Å². The first-order valence-electron chi connectivity index (χ1n) is 4.80. The quantitative estimate of drug-likeness (QED) is 0.640. The predicted octanol–water partition coefficient (Wildman–Crippen LogP) is 1.03. The van der Waals surface area contributed by atoms with Crippen LogP contribution < -0.4 is 0 Å². The molecule has 80 valence electrons. The molecule has 0 aliphatic rings. The molecule has 1 unspecified atom stereocenters. The van der Waals surface area contributed by atoms with Crippen LogP contribution in [-0.4, -0.2) is 38.1 Å². The molecular weight excluding hydrogens is 180 g/mol. The van der Waals surface area contributed by atoms with E-state index in [1.165, 1.54) is 0 Å². The maximum Gasteiger partial charge on any atom is 0.239 e. The molecule has 0 fully saturated rings. The van der Waals surface area contributed by atoms with Crippen molar-refractivity contribution in [2.45, 2.75) is 19.8 Å². The first kappa shape index (κ1) is 12.9. The lowest BCUT2D eigenvalue weighted by atomic mass is 10.0. The van der Waals surface area contributed by atoms with Crippen LogP contribution in [0, 0.1) is 17.2 Å². The van der Waals surface area contributed by atoms with Crippen LogP contribution in [-0.2, 0) is 9.53 Å². The Kier molecular flexibility index (Phi) is 6.77. The van der Waals surface area contributed by atoms with Crippen LogP contribution >= 0.6 is 0 Å². The lowest BCUT2D eigenvalue weighted by Crippen LogP contribution is -2.34. The van der Waals surface area contributed by atoms with Gasteiger partial charge in [0.15, 0.2) is 0 Å². The average molecular weight is 198 g/mol. The fraction of sp³-hybridized carbons (Fsp3) is 0.800. The van der Waals surface area contributed by atoms with Crippen LogP contribution in [0.15, 0.2) is 0 Å². The number of nitriles is 1. The third-order valence-electron chi connectivity index (χ3n) is 2.04. The second-order valence-electron chi connectivity index (χ2n) is 3.22. The minimum Gasteiger partial charge on any atom is -0.383 e. The van der Waals surface area contributed by atoms with Crippen LogP contribution in [0.3, 0.4) is 0 Å². The highest BCUT2D eigenvalue weighted by Gasteiger charge is 2.20. The topological polar surface area (TPSA) is 53.3 Å². The van der Waals surface area contributed by atoms with Crippen molar-refractivity contribution in [2.24, 2.45) is 5.92 Å². The maximum atomic E-state index is 11.6. The first-order valence-corrected chi connectivity index (χ1v) is 4.80. The van der Waals surface area contributed by atoms with Crippen LogP contribution in [0.5, 0.6) is 0 Å². The van der Waals surface area contributed by atoms with Crippen LogP contribution in [0.4, 0.5) is 0 Å². The molecule has 0 N–H and O–H groups in total. The Balaban J connectivity index is 4.07. The summed E-state index contributed by atoms with van der Waals surface area (Å²) in [5, 5.41) is 8.77. The van der Waals surface area contributed by atoms with Crippen molar-refractivity contribution in [1.82, 2.24) is 4.90 Å². The molecule has 0 saturated heterocycles. The van der Waals surface area contributed by atoms with Gasteiger partial charge in [-0.25, -0.2) is 0 Å². The largest absolute Gasteiger partial charge is 0.383 e. The maximum absolute atomic E-state index is 11.6. The van der Waals surface area contributed by atoms with Crippen LogP contribution in [0.2, 0.25) is 0 Å². The zero-order chi connectivity index (χ0) is 11.0. The number of methoxy groups -OCH3 is 1. The summed E-state index contributed by atoms with van der Waals surface area (Å²) in [6.45, 7) is 3.01. The molecule has 14 heavy (non-hydrogen) atoms. The number of hydrogen-bond acceptors (Lipinski definition) is 3. The number of amides is 1. The Hall–Kier alpha value is -1.08. The zero-order valence-electron chi connectivity index (χ0n) is 9.12. The molecule has 4 nitrogen and oxygen atoms in total. The molecule has 0 aromatic carbocycles. The van der Waals surface area contributed by atoms with Gasteiger partial charge in [-0.3, -0.25) is 4.79 Å². The van der Waals surface area contributed by atoms with E-state index in [0.717, 1.165) is 6.42 Å². The molecule has 0 spiro atoms. The molecule has 0 radical (unpaired) electrons. The summed E-state index contributed by atoms with van der Waals surface area (Å²) in [6.07, 6.45) is 1.48. The van der Waals surface area contributed by atoms with Gasteiger partial charge in [-0.05, 0) is 6.42 Å². The van der Waals surface area contributed by atoms with Crippen molar-refractivity contribution >= 4 is 5.91 Å². The second-order valence-corrected chi connectivity index (χ2v) is 3.22. The van der Waals surface area contributed by atoms with Crippen LogP contribution in [0.25, 0.3) is 0 Å². The van der Waals surface area contributed by atoms with Gasteiger partial charge in [0.2, 0.25) is 5.91 Å². The Morgan fingerprint density at radius 3 is 2.71 bits per heavy atom. The van der Waals surface area contributed by atoms with E-state index in [9.17, 15) is 4.79 Å². The van der Waals surface area contributed by atoms with Gasteiger partial charge >= 0.3 is 0 Å². The number of likely N-dealkylation sites (N-methyl/N-ethyl adjacent to an activating group) is 1. The number of nitrogens with zero attached hydrogens (tertiary/aromatic N) is 2. The monoisotopic (exact) mass is 198 g/mol. The Labute approximate surface area is 85.5 Å². The molecule has 0 bridgehead atoms. The molecule has 0 rings (SSSR count). The summed E-state index contributed by atoms with van der Waals surface area (Å²) in [7, 11) is 3.29. The number of carbonyl (C=O) groups is 1. The molecular formula is C10H18N2O2. The highest BCUT2D eigenvalue weighted by molar-refractivity contribution is 5.80. The highest BCUT2D eigenvalue weighted by Crippen LogP contribution is 2.08. The van der Waals surface area contributed by atoms with E-state index >= 15 is 0 Å². The summed E-state index contributed by atoms with van der Waals surface area (Å²) in [5.74, 6) is -0.603. The summed E-state index contributed by atoms with van der Waals surface area (Å²) >= 11 is 0. The zero-order valence-corrected chi connectivity index (χ0v) is 9.12. The summed E-state index contributed by atoms with van der Waals surface area (Å²) < 4.78 is 4.86. The summed E-state index contributed by atoms with van der Waals surface area (Å²) in [4.78, 5) is 13.2. The van der Waals surface area contributed by atoms with E-state index in [4.69, 9.17) is 10.00 Å². The van der Waals surface area contributed by atoms with E-state index in [1.807, 2.05) is 13.0 Å². The fourth-order valence-corrected chi connectivity index (χ4v) is 1.14. The van der Waals surface area contributed by atoms with E-state index in [0.29, 0.717) is 19.6 Å². The lowest BCUT2D eigenvalue weighted by molar-refractivity contribution is -0.133. The van der Waals surface area contributed by atoms with Crippen molar-refractivity contribution in [2.75, 3.05) is 27.3 Å².